The van der Waals surface area contributed by atoms with Gasteiger partial charge in [-0.2, -0.15) is 4.98 Å². The minimum Gasteiger partial charge on any atom is -0.394 e. The number of aliphatic hydroxyl groups is 3. The molecular weight excluding hydrogens is 370 g/mol. The van der Waals surface area contributed by atoms with Crippen molar-refractivity contribution in [3.8, 4) is 0 Å². The van der Waals surface area contributed by atoms with E-state index < -0.39 is 36.2 Å². The van der Waals surface area contributed by atoms with Crippen molar-refractivity contribution in [3.05, 3.63) is 52.6 Å². The first kappa shape index (κ1) is 18.5. The average molecular weight is 389 g/mol. The molecule has 11 nitrogen and oxygen atoms in total. The number of aromatic nitrogens is 4. The first-order valence-corrected chi connectivity index (χ1v) is 8.57. The van der Waals surface area contributed by atoms with Crippen molar-refractivity contribution >= 4 is 17.1 Å². The molecule has 0 radical (unpaired) electrons. The van der Waals surface area contributed by atoms with Crippen LogP contribution in [-0.2, 0) is 16.9 Å². The molecule has 2 aromatic heterocycles. The van der Waals surface area contributed by atoms with Gasteiger partial charge in [-0.15, -0.1) is 0 Å². The summed E-state index contributed by atoms with van der Waals surface area (Å²) in [6.07, 6.45) is -2.50. The summed E-state index contributed by atoms with van der Waals surface area (Å²) >= 11 is 0. The van der Waals surface area contributed by atoms with E-state index in [4.69, 9.17) is 9.94 Å². The summed E-state index contributed by atoms with van der Waals surface area (Å²) in [6, 6.07) is 9.09. The third-order valence-electron chi connectivity index (χ3n) is 4.92. The Balaban J connectivity index is 1.93. The first-order valence-electron chi connectivity index (χ1n) is 8.57. The molecule has 0 saturated carbocycles. The second-order valence-corrected chi connectivity index (χ2v) is 6.59. The standard InChI is InChI=1S/C17H19N5O6/c23-7-10-12(24)13(25)17(28-10,6-9-4-2-1-3-5-9)22-8-18-11-14(22)19-16(21-27)20-15(11)26/h1-5,8,10,12-13,23-25,27H,6-7H2,(H2,19,20,21,26)/t10-,12-,13-,17-/m1/s1. The van der Waals surface area contributed by atoms with Crippen LogP contribution in [-0.4, -0.2) is 65.0 Å². The summed E-state index contributed by atoms with van der Waals surface area (Å²) in [6.45, 7) is -0.515. The van der Waals surface area contributed by atoms with Crippen LogP contribution in [0.2, 0.25) is 0 Å². The molecular formula is C17H19N5O6. The topological polar surface area (TPSA) is 166 Å². The molecule has 0 bridgehead atoms. The molecule has 3 aromatic rings. The maximum atomic E-state index is 12.2. The molecule has 0 amide bonds. The molecule has 0 spiro atoms. The normalized spacial score (nSPS) is 27.4. The van der Waals surface area contributed by atoms with Crippen LogP contribution in [0.5, 0.6) is 0 Å². The zero-order chi connectivity index (χ0) is 19.9. The predicted octanol–water partition coefficient (Wildman–Crippen LogP) is -1.07. The van der Waals surface area contributed by atoms with Gasteiger partial charge in [-0.25, -0.2) is 10.5 Å². The summed E-state index contributed by atoms with van der Waals surface area (Å²) in [5, 5.41) is 40.0. The van der Waals surface area contributed by atoms with Gasteiger partial charge in [0.15, 0.2) is 16.9 Å². The Morgan fingerprint density at radius 3 is 2.68 bits per heavy atom. The lowest BCUT2D eigenvalue weighted by Gasteiger charge is -2.34. The molecule has 1 fully saturated rings. The van der Waals surface area contributed by atoms with Gasteiger partial charge in [0, 0.05) is 6.42 Å². The van der Waals surface area contributed by atoms with Crippen LogP contribution in [0, 0.1) is 0 Å². The number of ether oxygens (including phenoxy) is 1. The van der Waals surface area contributed by atoms with E-state index in [2.05, 4.69) is 15.0 Å². The van der Waals surface area contributed by atoms with Crippen LogP contribution in [0.15, 0.2) is 41.5 Å². The van der Waals surface area contributed by atoms with Gasteiger partial charge in [-0.05, 0) is 5.56 Å². The molecule has 0 aliphatic carbocycles. The number of anilines is 1. The summed E-state index contributed by atoms with van der Waals surface area (Å²) in [4.78, 5) is 22.7. The summed E-state index contributed by atoms with van der Waals surface area (Å²) < 4.78 is 7.27. The van der Waals surface area contributed by atoms with Crippen LogP contribution < -0.4 is 11.0 Å². The second-order valence-electron chi connectivity index (χ2n) is 6.59. The quantitative estimate of drug-likeness (QED) is 0.298. The van der Waals surface area contributed by atoms with E-state index in [9.17, 15) is 20.1 Å². The van der Waals surface area contributed by atoms with E-state index in [1.165, 1.54) is 10.9 Å². The highest BCUT2D eigenvalue weighted by Crippen LogP contribution is 2.39. The molecule has 4 rings (SSSR count). The number of nitrogens with zero attached hydrogens (tertiary/aromatic N) is 3. The monoisotopic (exact) mass is 389 g/mol. The summed E-state index contributed by atoms with van der Waals surface area (Å²) in [5.74, 6) is -0.221. The number of fused-ring (bicyclic) bond motifs is 1. The van der Waals surface area contributed by atoms with Gasteiger partial charge < -0.3 is 20.1 Å². The van der Waals surface area contributed by atoms with Crippen molar-refractivity contribution in [1.29, 1.82) is 0 Å². The van der Waals surface area contributed by atoms with Crippen LogP contribution in [0.1, 0.15) is 5.56 Å². The number of imidazole rings is 1. The van der Waals surface area contributed by atoms with Crippen molar-refractivity contribution in [2.75, 3.05) is 12.1 Å². The fourth-order valence-corrected chi connectivity index (χ4v) is 3.58. The Labute approximate surface area is 157 Å². The highest BCUT2D eigenvalue weighted by molar-refractivity contribution is 5.71. The second kappa shape index (κ2) is 6.96. The number of aromatic amines is 1. The average Bonchev–Trinajstić information content (AvgIpc) is 3.24. The molecule has 4 atom stereocenters. The smallest absolute Gasteiger partial charge is 0.280 e. The molecule has 148 valence electrons. The molecule has 3 heterocycles. The van der Waals surface area contributed by atoms with E-state index in [0.717, 1.165) is 5.56 Å². The van der Waals surface area contributed by atoms with Crippen molar-refractivity contribution in [1.82, 2.24) is 19.5 Å². The number of hydrogen-bond acceptors (Lipinski definition) is 9. The molecule has 11 heteroatoms. The van der Waals surface area contributed by atoms with E-state index >= 15 is 0 Å². The van der Waals surface area contributed by atoms with Crippen LogP contribution in [0.4, 0.5) is 5.95 Å². The number of nitrogens with one attached hydrogen (secondary N) is 2. The highest BCUT2D eigenvalue weighted by Gasteiger charge is 2.56. The van der Waals surface area contributed by atoms with E-state index in [1.807, 2.05) is 30.3 Å². The molecule has 1 aromatic carbocycles. The summed E-state index contributed by atoms with van der Waals surface area (Å²) in [7, 11) is 0. The first-order chi connectivity index (χ1) is 13.5. The third kappa shape index (κ3) is 2.77. The predicted molar refractivity (Wildman–Crippen MR) is 95.7 cm³/mol. The van der Waals surface area contributed by atoms with Crippen molar-refractivity contribution < 1.29 is 25.3 Å². The molecule has 28 heavy (non-hydrogen) atoms. The van der Waals surface area contributed by atoms with Crippen molar-refractivity contribution in [2.45, 2.75) is 30.5 Å². The molecule has 1 aliphatic heterocycles. The zero-order valence-corrected chi connectivity index (χ0v) is 14.6. The summed E-state index contributed by atoms with van der Waals surface area (Å²) in [5.41, 5.74) is 0.341. The fourth-order valence-electron chi connectivity index (χ4n) is 3.58. The van der Waals surface area contributed by atoms with Crippen molar-refractivity contribution in [3.63, 3.8) is 0 Å². The number of hydrogen-bond donors (Lipinski definition) is 6. The Morgan fingerprint density at radius 1 is 1.29 bits per heavy atom. The maximum absolute atomic E-state index is 12.2. The number of H-pyrrole nitrogens is 1. The van der Waals surface area contributed by atoms with Gasteiger partial charge in [0.1, 0.15) is 18.3 Å². The van der Waals surface area contributed by atoms with Crippen molar-refractivity contribution in [2.24, 2.45) is 0 Å². The molecule has 1 aliphatic rings. The molecule has 6 N–H and O–H groups in total. The van der Waals surface area contributed by atoms with Gasteiger partial charge in [-0.3, -0.25) is 19.6 Å². The van der Waals surface area contributed by atoms with Crippen LogP contribution in [0.25, 0.3) is 11.2 Å². The number of rotatable bonds is 5. The van der Waals surface area contributed by atoms with Gasteiger partial charge in [0.05, 0.1) is 12.9 Å². The minimum atomic E-state index is -1.59. The van der Waals surface area contributed by atoms with Gasteiger partial charge in [-0.1, -0.05) is 30.3 Å². The SMILES string of the molecule is O=c1[nH]c(NO)nc2c1ncn2[C@]1(Cc2ccccc2)O[C@H](CO)[C@@H](O)[C@H]1O. The van der Waals surface area contributed by atoms with E-state index in [1.54, 1.807) is 5.48 Å². The Kier molecular flexibility index (Phi) is 4.61. The van der Waals surface area contributed by atoms with Crippen LogP contribution in [0.3, 0.4) is 0 Å². The van der Waals surface area contributed by atoms with E-state index in [-0.39, 0.29) is 23.5 Å². The number of aliphatic hydroxyl groups excluding tert-OH is 3. The van der Waals surface area contributed by atoms with Gasteiger partial charge in [0.2, 0.25) is 5.95 Å². The van der Waals surface area contributed by atoms with Gasteiger partial charge >= 0.3 is 0 Å². The number of benzene rings is 1. The highest BCUT2D eigenvalue weighted by atomic mass is 16.6. The lowest BCUT2D eigenvalue weighted by molar-refractivity contribution is -0.145. The molecule has 1 saturated heterocycles. The largest absolute Gasteiger partial charge is 0.394 e. The van der Waals surface area contributed by atoms with Gasteiger partial charge in [0.25, 0.3) is 5.56 Å². The lowest BCUT2D eigenvalue weighted by atomic mass is 9.95. The third-order valence-corrected chi connectivity index (χ3v) is 4.92. The fraction of sp³-hybridized carbons (Fsp3) is 0.353. The van der Waals surface area contributed by atoms with E-state index in [0.29, 0.717) is 0 Å². The Morgan fingerprint density at radius 2 is 2.04 bits per heavy atom. The Bertz CT molecular complexity index is 1040. The maximum Gasteiger partial charge on any atom is 0.280 e. The Hall–Kier alpha value is -2.83. The minimum absolute atomic E-state index is 0.0288. The molecule has 0 unspecified atom stereocenters. The lowest BCUT2D eigenvalue weighted by Crippen LogP contribution is -2.47. The van der Waals surface area contributed by atoms with Crippen LogP contribution >= 0.6 is 0 Å². The zero-order valence-electron chi connectivity index (χ0n) is 14.6.